The minimum Gasteiger partial charge on any atom is -0.479 e. The SMILES string of the molecule is CC(C)(CNC(=O)OCC1c2ccccc2-c2ccccc21)C(=O)NC(C)(CO)C(=O)O. The van der Waals surface area contributed by atoms with Gasteiger partial charge in [-0.05, 0) is 43.0 Å². The maximum absolute atomic E-state index is 12.5. The second-order valence-electron chi connectivity index (χ2n) is 8.81. The summed E-state index contributed by atoms with van der Waals surface area (Å²) in [6, 6.07) is 16.0. The molecule has 0 saturated heterocycles. The van der Waals surface area contributed by atoms with Crippen LogP contribution >= 0.6 is 0 Å². The van der Waals surface area contributed by atoms with E-state index in [0.29, 0.717) is 0 Å². The molecule has 1 aliphatic rings. The standard InChI is InChI=1S/C24H28N2O6/c1-23(2,20(28)26-24(3,14-27)21(29)30)13-25-22(31)32-12-19-17-10-6-4-8-15(17)16-9-5-7-11-18(16)19/h4-11,19,27H,12-14H2,1-3H3,(H,25,31)(H,26,28)(H,29,30). The van der Waals surface area contributed by atoms with Crippen LogP contribution in [0, 0.1) is 5.41 Å². The summed E-state index contributed by atoms with van der Waals surface area (Å²) < 4.78 is 5.46. The average molecular weight is 440 g/mol. The first-order valence-corrected chi connectivity index (χ1v) is 10.3. The van der Waals surface area contributed by atoms with Crippen LogP contribution in [0.15, 0.2) is 48.5 Å². The molecule has 2 aromatic carbocycles. The third-order valence-electron chi connectivity index (χ3n) is 5.81. The number of carboxylic acid groups (broad SMARTS) is 1. The van der Waals surface area contributed by atoms with E-state index in [1.54, 1.807) is 13.8 Å². The summed E-state index contributed by atoms with van der Waals surface area (Å²) >= 11 is 0. The molecule has 4 N–H and O–H groups in total. The maximum Gasteiger partial charge on any atom is 0.407 e. The van der Waals surface area contributed by atoms with E-state index in [9.17, 15) is 24.6 Å². The fraction of sp³-hybridized carbons (Fsp3) is 0.375. The van der Waals surface area contributed by atoms with Gasteiger partial charge in [0.05, 0.1) is 12.0 Å². The van der Waals surface area contributed by atoms with Crippen LogP contribution in [0.5, 0.6) is 0 Å². The van der Waals surface area contributed by atoms with Gasteiger partial charge >= 0.3 is 12.1 Å². The van der Waals surface area contributed by atoms with Gasteiger partial charge in [-0.15, -0.1) is 0 Å². The Kier molecular flexibility index (Phi) is 6.55. The number of carbonyl (C=O) groups is 3. The quantitative estimate of drug-likeness (QED) is 0.500. The third kappa shape index (κ3) is 4.60. The van der Waals surface area contributed by atoms with Crippen molar-refractivity contribution in [2.75, 3.05) is 19.8 Å². The Hall–Kier alpha value is -3.39. The Morgan fingerprint density at radius 3 is 2.00 bits per heavy atom. The molecule has 8 nitrogen and oxygen atoms in total. The summed E-state index contributed by atoms with van der Waals surface area (Å²) in [5, 5.41) is 23.4. The van der Waals surface area contributed by atoms with Crippen LogP contribution in [0.25, 0.3) is 11.1 Å². The molecular weight excluding hydrogens is 412 g/mol. The lowest BCUT2D eigenvalue weighted by molar-refractivity contribution is -0.150. The molecule has 0 aliphatic heterocycles. The van der Waals surface area contributed by atoms with Crippen LogP contribution < -0.4 is 10.6 Å². The van der Waals surface area contributed by atoms with E-state index in [2.05, 4.69) is 10.6 Å². The van der Waals surface area contributed by atoms with E-state index in [1.165, 1.54) is 6.92 Å². The van der Waals surface area contributed by atoms with E-state index in [1.807, 2.05) is 48.5 Å². The Morgan fingerprint density at radius 1 is 0.969 bits per heavy atom. The van der Waals surface area contributed by atoms with Crippen LogP contribution in [0.3, 0.4) is 0 Å². The Labute approximate surface area is 186 Å². The monoisotopic (exact) mass is 440 g/mol. The Morgan fingerprint density at radius 2 is 1.50 bits per heavy atom. The first kappa shape index (κ1) is 23.3. The van der Waals surface area contributed by atoms with Gasteiger partial charge in [0.25, 0.3) is 0 Å². The van der Waals surface area contributed by atoms with Gasteiger partial charge in [0.2, 0.25) is 5.91 Å². The number of rotatable bonds is 8. The summed E-state index contributed by atoms with van der Waals surface area (Å²) in [6.07, 6.45) is -0.670. The number of carboxylic acids is 1. The molecule has 0 heterocycles. The maximum atomic E-state index is 12.5. The normalized spacial score (nSPS) is 14.6. The van der Waals surface area contributed by atoms with Gasteiger partial charge in [-0.3, -0.25) is 4.79 Å². The van der Waals surface area contributed by atoms with Crippen LogP contribution in [-0.4, -0.2) is 53.5 Å². The molecule has 2 amide bonds. The number of alkyl carbamates (subject to hydrolysis) is 1. The van der Waals surface area contributed by atoms with Crippen molar-refractivity contribution in [2.24, 2.45) is 5.41 Å². The highest BCUT2D eigenvalue weighted by atomic mass is 16.5. The summed E-state index contributed by atoms with van der Waals surface area (Å²) in [6.45, 7) is 3.65. The lowest BCUT2D eigenvalue weighted by atomic mass is 9.90. The summed E-state index contributed by atoms with van der Waals surface area (Å²) in [7, 11) is 0. The highest BCUT2D eigenvalue weighted by Crippen LogP contribution is 2.44. The lowest BCUT2D eigenvalue weighted by Crippen LogP contribution is -2.59. The van der Waals surface area contributed by atoms with E-state index in [0.717, 1.165) is 22.3 Å². The molecule has 1 aliphatic carbocycles. The highest BCUT2D eigenvalue weighted by Gasteiger charge is 2.39. The number of aliphatic carboxylic acids is 1. The number of fused-ring (bicyclic) bond motifs is 3. The Balaban J connectivity index is 1.59. The molecular formula is C24H28N2O6. The first-order chi connectivity index (χ1) is 15.1. The molecule has 0 aromatic heterocycles. The summed E-state index contributed by atoms with van der Waals surface area (Å²) in [5.41, 5.74) is 1.51. The lowest BCUT2D eigenvalue weighted by Gasteiger charge is -2.30. The number of hydrogen-bond donors (Lipinski definition) is 4. The Bertz CT molecular complexity index is 989. The zero-order valence-corrected chi connectivity index (χ0v) is 18.3. The molecule has 0 saturated carbocycles. The molecule has 0 spiro atoms. The number of amides is 2. The van der Waals surface area contributed by atoms with Crippen LogP contribution in [0.4, 0.5) is 4.79 Å². The van der Waals surface area contributed by atoms with Crippen molar-refractivity contribution in [1.29, 1.82) is 0 Å². The van der Waals surface area contributed by atoms with E-state index >= 15 is 0 Å². The van der Waals surface area contributed by atoms with Crippen molar-refractivity contribution in [3.05, 3.63) is 59.7 Å². The summed E-state index contributed by atoms with van der Waals surface area (Å²) in [5.74, 6) is -2.05. The minimum atomic E-state index is -1.81. The number of nitrogens with one attached hydrogen (secondary N) is 2. The number of hydrogen-bond acceptors (Lipinski definition) is 5. The third-order valence-corrected chi connectivity index (χ3v) is 5.81. The van der Waals surface area contributed by atoms with Crippen molar-refractivity contribution >= 4 is 18.0 Å². The van der Waals surface area contributed by atoms with E-state index < -0.39 is 35.5 Å². The second-order valence-corrected chi connectivity index (χ2v) is 8.81. The smallest absolute Gasteiger partial charge is 0.407 e. The van der Waals surface area contributed by atoms with Crippen LogP contribution in [0.2, 0.25) is 0 Å². The average Bonchev–Trinajstić information content (AvgIpc) is 3.09. The molecule has 3 rings (SSSR count). The topological polar surface area (TPSA) is 125 Å². The van der Waals surface area contributed by atoms with Crippen LogP contribution in [-0.2, 0) is 14.3 Å². The largest absolute Gasteiger partial charge is 0.479 e. The van der Waals surface area contributed by atoms with Crippen molar-refractivity contribution in [1.82, 2.24) is 10.6 Å². The van der Waals surface area contributed by atoms with Crippen molar-refractivity contribution < 1.29 is 29.3 Å². The second kappa shape index (κ2) is 9.00. The predicted octanol–water partition coefficient (Wildman–Crippen LogP) is 2.50. The molecule has 32 heavy (non-hydrogen) atoms. The molecule has 0 fully saturated rings. The highest BCUT2D eigenvalue weighted by molar-refractivity contribution is 5.90. The van der Waals surface area contributed by atoms with E-state index in [4.69, 9.17) is 4.74 Å². The molecule has 170 valence electrons. The van der Waals surface area contributed by atoms with Crippen molar-refractivity contribution in [3.63, 3.8) is 0 Å². The van der Waals surface area contributed by atoms with Crippen LogP contribution in [0.1, 0.15) is 37.8 Å². The molecule has 1 atom stereocenters. The van der Waals surface area contributed by atoms with Gasteiger partial charge in [-0.1, -0.05) is 48.5 Å². The van der Waals surface area contributed by atoms with Gasteiger partial charge in [0, 0.05) is 12.5 Å². The number of ether oxygens (including phenoxy) is 1. The van der Waals surface area contributed by atoms with Gasteiger partial charge in [0.15, 0.2) is 5.54 Å². The fourth-order valence-electron chi connectivity index (χ4n) is 3.60. The van der Waals surface area contributed by atoms with Gasteiger partial charge in [0.1, 0.15) is 6.61 Å². The van der Waals surface area contributed by atoms with Gasteiger partial charge < -0.3 is 25.6 Å². The van der Waals surface area contributed by atoms with E-state index in [-0.39, 0.29) is 19.1 Å². The number of benzene rings is 2. The summed E-state index contributed by atoms with van der Waals surface area (Å²) in [4.78, 5) is 36.2. The van der Waals surface area contributed by atoms with Crippen molar-refractivity contribution in [2.45, 2.75) is 32.2 Å². The zero-order chi connectivity index (χ0) is 23.5. The molecule has 1 unspecified atom stereocenters. The number of aliphatic hydroxyl groups excluding tert-OH is 1. The minimum absolute atomic E-state index is 0.0728. The molecule has 0 radical (unpaired) electrons. The molecule has 2 aromatic rings. The van der Waals surface area contributed by atoms with Crippen molar-refractivity contribution in [3.8, 4) is 11.1 Å². The van der Waals surface area contributed by atoms with Gasteiger partial charge in [-0.25, -0.2) is 9.59 Å². The first-order valence-electron chi connectivity index (χ1n) is 10.3. The number of aliphatic hydroxyl groups is 1. The molecule has 8 heteroatoms. The fourth-order valence-corrected chi connectivity index (χ4v) is 3.60. The molecule has 0 bridgehead atoms. The zero-order valence-electron chi connectivity index (χ0n) is 18.3. The van der Waals surface area contributed by atoms with Gasteiger partial charge in [-0.2, -0.15) is 0 Å². The predicted molar refractivity (Wildman–Crippen MR) is 118 cm³/mol. The number of carbonyl (C=O) groups excluding carboxylic acids is 2.